The Labute approximate surface area is 117 Å². The molecule has 128 valence electrons. The summed E-state index contributed by atoms with van der Waals surface area (Å²) in [6.07, 6.45) is -0.371. The molecule has 0 radical (unpaired) electrons. The molecule has 6 N–H and O–H groups in total. The summed E-state index contributed by atoms with van der Waals surface area (Å²) in [6, 6.07) is 0. The van der Waals surface area contributed by atoms with Crippen molar-refractivity contribution in [3.05, 3.63) is 0 Å². The van der Waals surface area contributed by atoms with E-state index in [1.165, 1.54) is 0 Å². The molecule has 0 aliphatic rings. The summed E-state index contributed by atoms with van der Waals surface area (Å²) in [5.41, 5.74) is 0. The van der Waals surface area contributed by atoms with Crippen molar-refractivity contribution < 1.29 is 65.3 Å². The lowest BCUT2D eigenvalue weighted by atomic mass is 10.5. The maximum atomic E-state index is 10.9. The Morgan fingerprint density at radius 3 is 1.14 bits per heavy atom. The van der Waals surface area contributed by atoms with Gasteiger partial charge in [0.05, 0.1) is 13.2 Å². The maximum Gasteiger partial charge on any atom is 0.481 e. The van der Waals surface area contributed by atoms with E-state index in [1.54, 1.807) is 0 Å². The first-order chi connectivity index (χ1) is 9.12. The summed E-state index contributed by atoms with van der Waals surface area (Å²) in [5.74, 6) is 0. The zero-order valence-corrected chi connectivity index (χ0v) is 13.4. The summed E-state index contributed by atoms with van der Waals surface area (Å²) in [7, 11) is -20.6. The normalized spacial score (nSPS) is 19.0. The van der Waals surface area contributed by atoms with Crippen molar-refractivity contribution in [1.82, 2.24) is 0 Å². The summed E-state index contributed by atoms with van der Waals surface area (Å²) < 4.78 is 57.4. The Bertz CT molecular complexity index is 466. The van der Waals surface area contributed by atoms with Gasteiger partial charge in [-0.2, -0.15) is 8.62 Å². The van der Waals surface area contributed by atoms with E-state index >= 15 is 0 Å². The predicted octanol–water partition coefficient (Wildman–Crippen LogP) is -0.171. The molecule has 0 bridgehead atoms. The number of hydrogen-bond donors (Lipinski definition) is 6. The van der Waals surface area contributed by atoms with E-state index < -0.39 is 44.5 Å². The van der Waals surface area contributed by atoms with Crippen LogP contribution in [0.15, 0.2) is 0 Å². The van der Waals surface area contributed by atoms with Crippen LogP contribution in [0.4, 0.5) is 0 Å². The number of rotatable bonds is 10. The molecule has 0 amide bonds. The fourth-order valence-electron chi connectivity index (χ4n) is 0.735. The van der Waals surface area contributed by atoms with Crippen LogP contribution in [0.3, 0.4) is 0 Å². The Balaban J connectivity index is 4.07. The van der Waals surface area contributed by atoms with Gasteiger partial charge in [-0.25, -0.2) is 18.3 Å². The third-order valence-electron chi connectivity index (χ3n) is 1.22. The first-order valence-electron chi connectivity index (χ1n) is 4.60. The van der Waals surface area contributed by atoms with Crippen molar-refractivity contribution >= 4 is 31.3 Å². The van der Waals surface area contributed by atoms with Gasteiger partial charge in [0, 0.05) is 0 Å². The van der Waals surface area contributed by atoms with Crippen molar-refractivity contribution in [2.45, 2.75) is 6.42 Å². The third kappa shape index (κ3) is 13.9. The van der Waals surface area contributed by atoms with Crippen molar-refractivity contribution in [2.24, 2.45) is 0 Å². The van der Waals surface area contributed by atoms with E-state index in [1.807, 2.05) is 0 Å². The van der Waals surface area contributed by atoms with E-state index in [-0.39, 0.29) is 6.42 Å². The van der Waals surface area contributed by atoms with Crippen LogP contribution >= 0.6 is 31.3 Å². The molecule has 0 aromatic heterocycles. The van der Waals surface area contributed by atoms with E-state index in [0.717, 1.165) is 0 Å². The van der Waals surface area contributed by atoms with Crippen LogP contribution in [0.5, 0.6) is 0 Å². The number of phosphoric acid groups is 4. The van der Waals surface area contributed by atoms with Crippen molar-refractivity contribution in [3.8, 4) is 0 Å². The van der Waals surface area contributed by atoms with Gasteiger partial charge in [-0.3, -0.25) is 9.05 Å². The van der Waals surface area contributed by atoms with Gasteiger partial charge in [0.2, 0.25) is 0 Å². The van der Waals surface area contributed by atoms with Gasteiger partial charge in [0.1, 0.15) is 0 Å². The third-order valence-corrected chi connectivity index (χ3v) is 5.59. The molecule has 0 fully saturated rings. The molecule has 14 nitrogen and oxygen atoms in total. The number of phosphoric ester groups is 2. The first-order valence-corrected chi connectivity index (χ1v) is 10.7. The summed E-state index contributed by atoms with van der Waals surface area (Å²) in [6.45, 7) is -1.38. The second-order valence-electron chi connectivity index (χ2n) is 3.10. The molecule has 2 unspecified atom stereocenters. The molecule has 0 spiro atoms. The highest BCUT2D eigenvalue weighted by atomic mass is 31.3. The van der Waals surface area contributed by atoms with E-state index in [4.69, 9.17) is 29.4 Å². The van der Waals surface area contributed by atoms with Gasteiger partial charge in [-0.1, -0.05) is 0 Å². The summed E-state index contributed by atoms with van der Waals surface area (Å²) >= 11 is 0. The Kier molecular flexibility index (Phi) is 8.06. The van der Waals surface area contributed by atoms with Crippen LogP contribution in [0.1, 0.15) is 6.42 Å². The lowest BCUT2D eigenvalue weighted by Gasteiger charge is -2.13. The lowest BCUT2D eigenvalue weighted by molar-refractivity contribution is 0.151. The smallest absolute Gasteiger partial charge is 0.302 e. The molecule has 18 heteroatoms. The molecule has 0 aromatic carbocycles. The second kappa shape index (κ2) is 7.87. The summed E-state index contributed by atoms with van der Waals surface area (Å²) in [5, 5.41) is 0. The van der Waals surface area contributed by atoms with Crippen LogP contribution in [0.2, 0.25) is 0 Å². The fraction of sp³-hybridized carbons (Fsp3) is 1.00. The Hall–Kier alpha value is 0.520. The molecule has 0 heterocycles. The molecule has 0 saturated carbocycles. The van der Waals surface area contributed by atoms with Crippen LogP contribution < -0.4 is 0 Å². The largest absolute Gasteiger partial charge is 0.481 e. The second-order valence-corrected chi connectivity index (χ2v) is 8.76. The fourth-order valence-corrected chi connectivity index (χ4v) is 3.98. The zero-order chi connectivity index (χ0) is 16.9. The lowest BCUT2D eigenvalue weighted by Crippen LogP contribution is -2.01. The molecule has 0 aliphatic carbocycles. The van der Waals surface area contributed by atoms with Crippen LogP contribution in [-0.4, -0.2) is 42.6 Å². The van der Waals surface area contributed by atoms with Gasteiger partial charge in [0.25, 0.3) is 0 Å². The van der Waals surface area contributed by atoms with Gasteiger partial charge < -0.3 is 29.4 Å². The van der Waals surface area contributed by atoms with Crippen molar-refractivity contribution in [2.75, 3.05) is 13.2 Å². The Morgan fingerprint density at radius 2 is 0.905 bits per heavy atom. The average molecular weight is 396 g/mol. The SMILES string of the molecule is O=P(O)(O)OP(=O)(O)OCCCOP(=O)(O)OP(=O)(O)O. The number of hydrogen-bond acceptors (Lipinski definition) is 8. The topological polar surface area (TPSA) is 227 Å². The van der Waals surface area contributed by atoms with Crippen molar-refractivity contribution in [1.29, 1.82) is 0 Å². The molecular weight excluding hydrogens is 384 g/mol. The highest BCUT2D eigenvalue weighted by Crippen LogP contribution is 2.58. The standard InChI is InChI=1S/C3H12O14P4/c4-18(5,6)16-20(10,11)14-2-1-3-15-21(12,13)17-19(7,8)9/h1-3H2,(H,10,11)(H,12,13)(H2,4,5,6)(H2,7,8,9). The molecule has 2 atom stereocenters. The first kappa shape index (κ1) is 21.5. The molecule has 0 saturated heterocycles. The monoisotopic (exact) mass is 396 g/mol. The summed E-state index contributed by atoms with van der Waals surface area (Å²) in [4.78, 5) is 50.7. The quantitative estimate of drug-likeness (QED) is 0.208. The minimum atomic E-state index is -5.25. The highest BCUT2D eigenvalue weighted by Gasteiger charge is 2.33. The Morgan fingerprint density at radius 1 is 0.619 bits per heavy atom. The van der Waals surface area contributed by atoms with Gasteiger partial charge >= 0.3 is 31.3 Å². The molecule has 0 rings (SSSR count). The average Bonchev–Trinajstić information content (AvgIpc) is 2.07. The van der Waals surface area contributed by atoms with Gasteiger partial charge in [-0.05, 0) is 6.42 Å². The molecule has 0 aliphatic heterocycles. The zero-order valence-electron chi connectivity index (χ0n) is 9.86. The van der Waals surface area contributed by atoms with E-state index in [9.17, 15) is 18.3 Å². The molecular formula is C3H12O14P4. The highest BCUT2D eigenvalue weighted by molar-refractivity contribution is 7.61. The van der Waals surface area contributed by atoms with Crippen molar-refractivity contribution in [3.63, 3.8) is 0 Å². The molecule has 0 aromatic rings. The molecule has 21 heavy (non-hydrogen) atoms. The minimum Gasteiger partial charge on any atom is -0.302 e. The van der Waals surface area contributed by atoms with E-state index in [0.29, 0.717) is 0 Å². The van der Waals surface area contributed by atoms with Gasteiger partial charge in [0.15, 0.2) is 0 Å². The minimum absolute atomic E-state index is 0.371. The maximum absolute atomic E-state index is 10.9. The van der Waals surface area contributed by atoms with Gasteiger partial charge in [-0.15, -0.1) is 0 Å². The van der Waals surface area contributed by atoms with Crippen LogP contribution in [-0.2, 0) is 35.9 Å². The van der Waals surface area contributed by atoms with E-state index in [2.05, 4.69) is 17.7 Å². The van der Waals surface area contributed by atoms with Crippen LogP contribution in [0, 0.1) is 0 Å². The van der Waals surface area contributed by atoms with Crippen LogP contribution in [0.25, 0.3) is 0 Å². The predicted molar refractivity (Wildman–Crippen MR) is 62.4 cm³/mol.